The van der Waals surface area contributed by atoms with Crippen molar-refractivity contribution in [3.05, 3.63) is 35.9 Å². The van der Waals surface area contributed by atoms with Crippen LogP contribution < -0.4 is 9.47 Å². The summed E-state index contributed by atoms with van der Waals surface area (Å²) in [6, 6.07) is 9.53. The number of hydrogen-bond acceptors (Lipinski definition) is 3. The van der Waals surface area contributed by atoms with E-state index < -0.39 is 0 Å². The molecule has 0 aromatic heterocycles. The Morgan fingerprint density at radius 2 is 1.77 bits per heavy atom. The minimum Gasteiger partial charge on any atom is -0.493 e. The van der Waals surface area contributed by atoms with Crippen LogP contribution in [0.5, 0.6) is 11.5 Å². The third-order valence-corrected chi connectivity index (χ3v) is 3.78. The molecule has 4 heteroatoms. The first-order valence-corrected chi connectivity index (χ1v) is 7.60. The Labute approximate surface area is 131 Å². The number of methoxy groups -OCH3 is 2. The van der Waals surface area contributed by atoms with Gasteiger partial charge in [-0.1, -0.05) is 19.1 Å². The third kappa shape index (κ3) is 3.01. The lowest BCUT2D eigenvalue weighted by molar-refractivity contribution is 0.0766. The first-order valence-electron chi connectivity index (χ1n) is 7.60. The molecular formula is C18H23NO3. The van der Waals surface area contributed by atoms with E-state index in [1.165, 1.54) is 0 Å². The molecule has 0 saturated heterocycles. The number of ether oxygens (including phenoxy) is 2. The highest BCUT2D eigenvalue weighted by Crippen LogP contribution is 2.33. The second kappa shape index (κ2) is 7.16. The Morgan fingerprint density at radius 1 is 1.09 bits per heavy atom. The van der Waals surface area contributed by atoms with Crippen molar-refractivity contribution in [2.45, 2.75) is 20.3 Å². The van der Waals surface area contributed by atoms with E-state index in [1.54, 1.807) is 14.2 Å². The monoisotopic (exact) mass is 301 g/mol. The maximum atomic E-state index is 12.8. The number of hydrogen-bond donors (Lipinski definition) is 0. The molecule has 0 atom stereocenters. The van der Waals surface area contributed by atoms with E-state index in [4.69, 9.17) is 9.47 Å². The van der Waals surface area contributed by atoms with Crippen molar-refractivity contribution >= 4 is 16.7 Å². The molecule has 0 fully saturated rings. The van der Waals surface area contributed by atoms with Crippen molar-refractivity contribution in [3.63, 3.8) is 0 Å². The molecule has 4 nitrogen and oxygen atoms in total. The van der Waals surface area contributed by atoms with Crippen LogP contribution in [0.2, 0.25) is 0 Å². The lowest BCUT2D eigenvalue weighted by Gasteiger charge is -2.21. The molecule has 0 radical (unpaired) electrons. The molecule has 0 bridgehead atoms. The molecular weight excluding hydrogens is 278 g/mol. The molecule has 0 spiro atoms. The van der Waals surface area contributed by atoms with Gasteiger partial charge in [-0.15, -0.1) is 0 Å². The van der Waals surface area contributed by atoms with E-state index in [0.29, 0.717) is 23.6 Å². The normalized spacial score (nSPS) is 10.5. The van der Waals surface area contributed by atoms with Crippen molar-refractivity contribution in [1.82, 2.24) is 4.90 Å². The zero-order valence-corrected chi connectivity index (χ0v) is 13.7. The SMILES string of the molecule is CCCN(CC)C(=O)c1cccc2cc(OC)c(OC)cc12. The van der Waals surface area contributed by atoms with E-state index in [-0.39, 0.29) is 5.91 Å². The summed E-state index contributed by atoms with van der Waals surface area (Å²) in [5.41, 5.74) is 0.703. The minimum atomic E-state index is 0.0576. The fraction of sp³-hybridized carbons (Fsp3) is 0.389. The van der Waals surface area contributed by atoms with Crippen LogP contribution in [0.4, 0.5) is 0 Å². The van der Waals surface area contributed by atoms with Gasteiger partial charge in [0.1, 0.15) is 0 Å². The molecule has 2 aromatic carbocycles. The van der Waals surface area contributed by atoms with Gasteiger partial charge in [0.05, 0.1) is 14.2 Å². The Hall–Kier alpha value is -2.23. The number of nitrogens with zero attached hydrogens (tertiary/aromatic N) is 1. The lowest BCUT2D eigenvalue weighted by atomic mass is 10.0. The third-order valence-electron chi connectivity index (χ3n) is 3.78. The molecule has 0 N–H and O–H groups in total. The van der Waals surface area contributed by atoms with Gasteiger partial charge in [0, 0.05) is 18.7 Å². The average Bonchev–Trinajstić information content (AvgIpc) is 2.57. The second-order valence-electron chi connectivity index (χ2n) is 5.12. The van der Waals surface area contributed by atoms with Gasteiger partial charge in [-0.2, -0.15) is 0 Å². The summed E-state index contributed by atoms with van der Waals surface area (Å²) in [4.78, 5) is 14.7. The second-order valence-corrected chi connectivity index (χ2v) is 5.12. The smallest absolute Gasteiger partial charge is 0.254 e. The van der Waals surface area contributed by atoms with Crippen LogP contribution in [0, 0.1) is 0 Å². The van der Waals surface area contributed by atoms with Gasteiger partial charge in [0.2, 0.25) is 0 Å². The van der Waals surface area contributed by atoms with Crippen molar-refractivity contribution in [2.24, 2.45) is 0 Å². The van der Waals surface area contributed by atoms with Crippen molar-refractivity contribution < 1.29 is 14.3 Å². The fourth-order valence-corrected chi connectivity index (χ4v) is 2.63. The van der Waals surface area contributed by atoms with Gasteiger partial charge < -0.3 is 14.4 Å². The topological polar surface area (TPSA) is 38.8 Å². The highest BCUT2D eigenvalue weighted by atomic mass is 16.5. The number of carbonyl (C=O) groups is 1. The van der Waals surface area contributed by atoms with E-state index in [2.05, 4.69) is 6.92 Å². The van der Waals surface area contributed by atoms with E-state index >= 15 is 0 Å². The molecule has 118 valence electrons. The Morgan fingerprint density at radius 3 is 2.36 bits per heavy atom. The zero-order chi connectivity index (χ0) is 16.1. The van der Waals surface area contributed by atoms with Crippen LogP contribution in [-0.2, 0) is 0 Å². The number of benzene rings is 2. The maximum Gasteiger partial charge on any atom is 0.254 e. The Bertz CT molecular complexity index is 667. The van der Waals surface area contributed by atoms with Crippen molar-refractivity contribution in [3.8, 4) is 11.5 Å². The summed E-state index contributed by atoms with van der Waals surface area (Å²) in [6.45, 7) is 5.55. The van der Waals surface area contributed by atoms with Crippen molar-refractivity contribution in [1.29, 1.82) is 0 Å². The number of fused-ring (bicyclic) bond motifs is 1. The Balaban J connectivity index is 2.56. The predicted octanol–water partition coefficient (Wildman–Crippen LogP) is 3.73. The first kappa shape index (κ1) is 16.1. The van der Waals surface area contributed by atoms with Gasteiger partial charge in [0.15, 0.2) is 11.5 Å². The summed E-state index contributed by atoms with van der Waals surface area (Å²) in [6.07, 6.45) is 0.946. The number of carbonyl (C=O) groups excluding carboxylic acids is 1. The highest BCUT2D eigenvalue weighted by molar-refractivity contribution is 6.07. The summed E-state index contributed by atoms with van der Waals surface area (Å²) in [5, 5.41) is 1.86. The van der Waals surface area contributed by atoms with Crippen LogP contribution in [0.1, 0.15) is 30.6 Å². The summed E-state index contributed by atoms with van der Waals surface area (Å²) in [7, 11) is 3.21. The van der Waals surface area contributed by atoms with Crippen LogP contribution in [0.25, 0.3) is 10.8 Å². The molecule has 2 aromatic rings. The van der Waals surface area contributed by atoms with E-state index in [1.807, 2.05) is 42.2 Å². The fourth-order valence-electron chi connectivity index (χ4n) is 2.63. The van der Waals surface area contributed by atoms with Crippen LogP contribution in [0.3, 0.4) is 0 Å². The summed E-state index contributed by atoms with van der Waals surface area (Å²) < 4.78 is 10.7. The summed E-state index contributed by atoms with van der Waals surface area (Å²) >= 11 is 0. The standard InChI is InChI=1S/C18H23NO3/c1-5-10-19(6-2)18(20)14-9-7-8-13-11-16(21-3)17(22-4)12-15(13)14/h7-9,11-12H,5-6,10H2,1-4H3. The minimum absolute atomic E-state index is 0.0576. The quantitative estimate of drug-likeness (QED) is 0.816. The van der Waals surface area contributed by atoms with E-state index in [0.717, 1.165) is 23.7 Å². The van der Waals surface area contributed by atoms with Crippen LogP contribution >= 0.6 is 0 Å². The molecule has 0 aliphatic carbocycles. The summed E-state index contributed by atoms with van der Waals surface area (Å²) in [5.74, 6) is 1.36. The van der Waals surface area contributed by atoms with Crippen molar-refractivity contribution in [2.75, 3.05) is 27.3 Å². The highest BCUT2D eigenvalue weighted by Gasteiger charge is 2.17. The zero-order valence-electron chi connectivity index (χ0n) is 13.7. The van der Waals surface area contributed by atoms with E-state index in [9.17, 15) is 4.79 Å². The first-order chi connectivity index (χ1) is 10.7. The average molecular weight is 301 g/mol. The van der Waals surface area contributed by atoms with Crippen LogP contribution in [-0.4, -0.2) is 38.1 Å². The number of amides is 1. The predicted molar refractivity (Wildman–Crippen MR) is 88.9 cm³/mol. The van der Waals surface area contributed by atoms with Gasteiger partial charge in [-0.3, -0.25) is 4.79 Å². The van der Waals surface area contributed by atoms with Gasteiger partial charge in [-0.25, -0.2) is 0 Å². The molecule has 2 rings (SSSR count). The molecule has 0 heterocycles. The molecule has 0 aliphatic heterocycles. The molecule has 0 aliphatic rings. The molecule has 1 amide bonds. The van der Waals surface area contributed by atoms with Gasteiger partial charge in [0.25, 0.3) is 5.91 Å². The molecule has 0 saturated carbocycles. The molecule has 22 heavy (non-hydrogen) atoms. The van der Waals surface area contributed by atoms with Gasteiger partial charge >= 0.3 is 0 Å². The largest absolute Gasteiger partial charge is 0.493 e. The van der Waals surface area contributed by atoms with Gasteiger partial charge in [-0.05, 0) is 42.3 Å². The van der Waals surface area contributed by atoms with Crippen LogP contribution in [0.15, 0.2) is 30.3 Å². The Kier molecular flexibility index (Phi) is 5.26. The lowest BCUT2D eigenvalue weighted by Crippen LogP contribution is -2.31. The molecule has 0 unspecified atom stereocenters. The maximum absolute atomic E-state index is 12.8. The number of rotatable bonds is 6.